The topological polar surface area (TPSA) is 38.3 Å². The van der Waals surface area contributed by atoms with Gasteiger partial charge in [0.2, 0.25) is 5.91 Å². The Morgan fingerprint density at radius 3 is 2.71 bits per heavy atom. The van der Waals surface area contributed by atoms with Crippen molar-refractivity contribution in [2.75, 3.05) is 6.61 Å². The molecule has 2 atom stereocenters. The normalized spacial score (nSPS) is 21.2. The predicted octanol–water partition coefficient (Wildman–Crippen LogP) is 2.35. The molecular weight excluding hydrogens is 214 g/mol. The van der Waals surface area contributed by atoms with Gasteiger partial charge in [-0.3, -0.25) is 4.79 Å². The van der Waals surface area contributed by atoms with E-state index in [2.05, 4.69) is 36.5 Å². The van der Waals surface area contributed by atoms with E-state index >= 15 is 0 Å². The Hall–Kier alpha value is -1.35. The number of hydrogen-bond acceptors (Lipinski definition) is 2. The Labute approximate surface area is 102 Å². The Balaban J connectivity index is 1.93. The van der Waals surface area contributed by atoms with Crippen molar-refractivity contribution in [2.45, 2.75) is 38.8 Å². The molecule has 0 aliphatic carbocycles. The number of nitrogens with one attached hydrogen (secondary N) is 1. The molecule has 1 aliphatic rings. The molecule has 2 rings (SSSR count). The van der Waals surface area contributed by atoms with E-state index in [1.807, 2.05) is 6.92 Å². The fourth-order valence-corrected chi connectivity index (χ4v) is 2.03. The van der Waals surface area contributed by atoms with E-state index in [4.69, 9.17) is 4.74 Å². The van der Waals surface area contributed by atoms with Gasteiger partial charge in [0.1, 0.15) is 6.10 Å². The molecule has 1 amide bonds. The van der Waals surface area contributed by atoms with Crippen LogP contribution in [0.2, 0.25) is 0 Å². The van der Waals surface area contributed by atoms with Crippen molar-refractivity contribution in [3.63, 3.8) is 0 Å². The average Bonchev–Trinajstić information content (AvgIpc) is 2.83. The van der Waals surface area contributed by atoms with E-state index in [0.29, 0.717) is 6.61 Å². The predicted molar refractivity (Wildman–Crippen MR) is 66.7 cm³/mol. The molecule has 1 heterocycles. The first-order valence-corrected chi connectivity index (χ1v) is 6.15. The van der Waals surface area contributed by atoms with Gasteiger partial charge in [-0.15, -0.1) is 0 Å². The maximum Gasteiger partial charge on any atom is 0.249 e. The highest BCUT2D eigenvalue weighted by Crippen LogP contribution is 2.16. The number of benzene rings is 1. The molecule has 1 N–H and O–H groups in total. The minimum atomic E-state index is -0.247. The van der Waals surface area contributed by atoms with Crippen molar-refractivity contribution in [1.29, 1.82) is 0 Å². The molecule has 1 fully saturated rings. The summed E-state index contributed by atoms with van der Waals surface area (Å²) >= 11 is 0. The minimum Gasteiger partial charge on any atom is -0.368 e. The van der Waals surface area contributed by atoms with Crippen LogP contribution in [0.15, 0.2) is 24.3 Å². The summed E-state index contributed by atoms with van der Waals surface area (Å²) in [6, 6.07) is 8.26. The Kier molecular flexibility index (Phi) is 3.79. The number of amides is 1. The largest absolute Gasteiger partial charge is 0.368 e. The molecule has 3 heteroatoms. The molecule has 0 saturated carbocycles. The van der Waals surface area contributed by atoms with Gasteiger partial charge in [0.25, 0.3) is 0 Å². The first-order chi connectivity index (χ1) is 8.16. The van der Waals surface area contributed by atoms with Gasteiger partial charge in [-0.1, -0.05) is 29.8 Å². The maximum absolute atomic E-state index is 11.9. The molecule has 0 bridgehead atoms. The summed E-state index contributed by atoms with van der Waals surface area (Å²) in [4.78, 5) is 11.9. The standard InChI is InChI=1S/C14H19NO2/c1-10-5-7-12(8-6-10)11(2)15-14(16)13-4-3-9-17-13/h5-8,11,13H,3-4,9H2,1-2H3,(H,15,16). The van der Waals surface area contributed by atoms with Crippen LogP contribution in [0.5, 0.6) is 0 Å². The van der Waals surface area contributed by atoms with Gasteiger partial charge < -0.3 is 10.1 Å². The molecule has 3 nitrogen and oxygen atoms in total. The van der Waals surface area contributed by atoms with Crippen LogP contribution in [0.4, 0.5) is 0 Å². The summed E-state index contributed by atoms with van der Waals surface area (Å²) < 4.78 is 5.36. The van der Waals surface area contributed by atoms with E-state index in [1.54, 1.807) is 0 Å². The molecule has 0 radical (unpaired) electrons. The van der Waals surface area contributed by atoms with Crippen LogP contribution in [0, 0.1) is 6.92 Å². The third-order valence-corrected chi connectivity index (χ3v) is 3.16. The molecule has 1 aliphatic heterocycles. The number of ether oxygens (including phenoxy) is 1. The van der Waals surface area contributed by atoms with Crippen LogP contribution in [-0.2, 0) is 9.53 Å². The van der Waals surface area contributed by atoms with Crippen LogP contribution in [0.3, 0.4) is 0 Å². The van der Waals surface area contributed by atoms with Gasteiger partial charge in [-0.05, 0) is 32.3 Å². The summed E-state index contributed by atoms with van der Waals surface area (Å²) in [5, 5.41) is 2.99. The molecule has 17 heavy (non-hydrogen) atoms. The number of carbonyl (C=O) groups excluding carboxylic acids is 1. The molecule has 1 saturated heterocycles. The number of aryl methyl sites for hydroxylation is 1. The van der Waals surface area contributed by atoms with Crippen LogP contribution in [0.1, 0.15) is 36.9 Å². The molecular formula is C14H19NO2. The zero-order valence-corrected chi connectivity index (χ0v) is 10.4. The number of rotatable bonds is 3. The van der Waals surface area contributed by atoms with E-state index < -0.39 is 0 Å². The number of carbonyl (C=O) groups is 1. The minimum absolute atomic E-state index is 0.00979. The van der Waals surface area contributed by atoms with Gasteiger partial charge >= 0.3 is 0 Å². The third-order valence-electron chi connectivity index (χ3n) is 3.16. The summed E-state index contributed by atoms with van der Waals surface area (Å²) in [5.74, 6) is 0.00979. The van der Waals surface area contributed by atoms with Crippen LogP contribution < -0.4 is 5.32 Å². The molecule has 2 unspecified atom stereocenters. The maximum atomic E-state index is 11.9. The highest BCUT2D eigenvalue weighted by Gasteiger charge is 2.24. The van der Waals surface area contributed by atoms with Crippen molar-refractivity contribution in [3.8, 4) is 0 Å². The lowest BCUT2D eigenvalue weighted by molar-refractivity contribution is -0.130. The molecule has 0 spiro atoms. The third kappa shape index (κ3) is 3.07. The second-order valence-corrected chi connectivity index (χ2v) is 4.64. The zero-order chi connectivity index (χ0) is 12.3. The zero-order valence-electron chi connectivity index (χ0n) is 10.4. The average molecular weight is 233 g/mol. The van der Waals surface area contributed by atoms with Crippen molar-refractivity contribution in [2.24, 2.45) is 0 Å². The van der Waals surface area contributed by atoms with Crippen LogP contribution >= 0.6 is 0 Å². The van der Waals surface area contributed by atoms with E-state index in [0.717, 1.165) is 18.4 Å². The second-order valence-electron chi connectivity index (χ2n) is 4.64. The van der Waals surface area contributed by atoms with Gasteiger partial charge in [-0.2, -0.15) is 0 Å². The summed E-state index contributed by atoms with van der Waals surface area (Å²) in [6.45, 7) is 4.76. The summed E-state index contributed by atoms with van der Waals surface area (Å²) in [6.07, 6.45) is 1.58. The monoisotopic (exact) mass is 233 g/mol. The summed E-state index contributed by atoms with van der Waals surface area (Å²) in [5.41, 5.74) is 2.35. The Morgan fingerprint density at radius 2 is 2.12 bits per heavy atom. The van der Waals surface area contributed by atoms with Gasteiger partial charge in [0, 0.05) is 6.61 Å². The van der Waals surface area contributed by atoms with Crippen molar-refractivity contribution in [3.05, 3.63) is 35.4 Å². The molecule has 1 aromatic rings. The second kappa shape index (κ2) is 5.32. The van der Waals surface area contributed by atoms with Crippen molar-refractivity contribution < 1.29 is 9.53 Å². The molecule has 92 valence electrons. The van der Waals surface area contributed by atoms with E-state index in [-0.39, 0.29) is 18.1 Å². The highest BCUT2D eigenvalue weighted by atomic mass is 16.5. The lowest BCUT2D eigenvalue weighted by Gasteiger charge is -2.17. The SMILES string of the molecule is Cc1ccc(C(C)NC(=O)C2CCCO2)cc1. The Morgan fingerprint density at radius 1 is 1.41 bits per heavy atom. The van der Waals surface area contributed by atoms with Gasteiger partial charge in [0.15, 0.2) is 0 Å². The van der Waals surface area contributed by atoms with Crippen LogP contribution in [-0.4, -0.2) is 18.6 Å². The smallest absolute Gasteiger partial charge is 0.249 e. The first-order valence-electron chi connectivity index (χ1n) is 6.15. The van der Waals surface area contributed by atoms with Gasteiger partial charge in [-0.25, -0.2) is 0 Å². The lowest BCUT2D eigenvalue weighted by atomic mass is 10.1. The van der Waals surface area contributed by atoms with Crippen LogP contribution in [0.25, 0.3) is 0 Å². The first kappa shape index (κ1) is 12.1. The van der Waals surface area contributed by atoms with E-state index in [1.165, 1.54) is 5.56 Å². The fourth-order valence-electron chi connectivity index (χ4n) is 2.03. The molecule has 0 aromatic heterocycles. The van der Waals surface area contributed by atoms with Crippen molar-refractivity contribution >= 4 is 5.91 Å². The summed E-state index contributed by atoms with van der Waals surface area (Å²) in [7, 11) is 0. The fraction of sp³-hybridized carbons (Fsp3) is 0.500. The molecule has 1 aromatic carbocycles. The van der Waals surface area contributed by atoms with Crippen molar-refractivity contribution in [1.82, 2.24) is 5.32 Å². The number of hydrogen-bond donors (Lipinski definition) is 1. The Bertz CT molecular complexity index is 380. The lowest BCUT2D eigenvalue weighted by Crippen LogP contribution is -2.35. The van der Waals surface area contributed by atoms with Gasteiger partial charge in [0.05, 0.1) is 6.04 Å². The van der Waals surface area contributed by atoms with E-state index in [9.17, 15) is 4.79 Å². The highest BCUT2D eigenvalue weighted by molar-refractivity contribution is 5.81. The quantitative estimate of drug-likeness (QED) is 0.870.